The first-order valence-electron chi connectivity index (χ1n) is 10.5. The predicted octanol–water partition coefficient (Wildman–Crippen LogP) is 4.99. The minimum Gasteiger partial charge on any atom is -0.497 e. The van der Waals surface area contributed by atoms with Crippen molar-refractivity contribution in [2.75, 3.05) is 13.7 Å². The zero-order valence-electron chi connectivity index (χ0n) is 17.5. The van der Waals surface area contributed by atoms with Gasteiger partial charge in [0.15, 0.2) is 0 Å². The summed E-state index contributed by atoms with van der Waals surface area (Å²) in [6.45, 7) is 2.77. The third kappa shape index (κ3) is 4.08. The van der Waals surface area contributed by atoms with E-state index in [4.69, 9.17) is 9.26 Å². The Morgan fingerprint density at radius 1 is 1.20 bits per heavy atom. The molecule has 156 valence electrons. The highest BCUT2D eigenvalue weighted by atomic mass is 16.5. The maximum atomic E-state index is 13.5. The number of amides is 1. The summed E-state index contributed by atoms with van der Waals surface area (Å²) < 4.78 is 10.9. The SMILES string of the molecule is CC[C@@H](C(=O)N1CCCC[C@H]1c1nc(-c2cccc(OC)c2)no1)c1ccccc1. The Kier molecular flexibility index (Phi) is 6.12. The number of piperidine rings is 1. The number of ether oxygens (including phenoxy) is 1. The third-order valence-electron chi connectivity index (χ3n) is 5.75. The summed E-state index contributed by atoms with van der Waals surface area (Å²) in [5.41, 5.74) is 1.88. The van der Waals surface area contributed by atoms with E-state index in [-0.39, 0.29) is 17.9 Å². The normalized spacial score (nSPS) is 17.5. The molecule has 0 bridgehead atoms. The van der Waals surface area contributed by atoms with E-state index in [1.807, 2.05) is 59.5 Å². The molecule has 0 N–H and O–H groups in total. The monoisotopic (exact) mass is 405 g/mol. The van der Waals surface area contributed by atoms with Crippen molar-refractivity contribution in [2.45, 2.75) is 44.6 Å². The molecule has 0 spiro atoms. The molecule has 6 nitrogen and oxygen atoms in total. The van der Waals surface area contributed by atoms with Crippen LogP contribution < -0.4 is 4.74 Å². The average Bonchev–Trinajstić information content (AvgIpc) is 3.30. The van der Waals surface area contributed by atoms with Gasteiger partial charge in [-0.05, 0) is 43.4 Å². The van der Waals surface area contributed by atoms with Gasteiger partial charge in [-0.1, -0.05) is 54.5 Å². The summed E-state index contributed by atoms with van der Waals surface area (Å²) in [5.74, 6) is 1.73. The van der Waals surface area contributed by atoms with Crippen LogP contribution in [0.1, 0.15) is 56.0 Å². The van der Waals surface area contributed by atoms with Crippen LogP contribution in [-0.2, 0) is 4.79 Å². The van der Waals surface area contributed by atoms with Crippen LogP contribution in [0.4, 0.5) is 0 Å². The molecular weight excluding hydrogens is 378 g/mol. The molecule has 1 aliphatic rings. The van der Waals surface area contributed by atoms with Crippen molar-refractivity contribution < 1.29 is 14.1 Å². The Hall–Kier alpha value is -3.15. The van der Waals surface area contributed by atoms with Gasteiger partial charge in [-0.2, -0.15) is 4.98 Å². The number of methoxy groups -OCH3 is 1. The number of nitrogens with zero attached hydrogens (tertiary/aromatic N) is 3. The predicted molar refractivity (Wildman–Crippen MR) is 114 cm³/mol. The summed E-state index contributed by atoms with van der Waals surface area (Å²) in [7, 11) is 1.63. The number of rotatable bonds is 6. The fourth-order valence-electron chi connectivity index (χ4n) is 4.14. The maximum absolute atomic E-state index is 13.5. The summed E-state index contributed by atoms with van der Waals surface area (Å²) >= 11 is 0. The molecule has 1 fully saturated rings. The van der Waals surface area contributed by atoms with Crippen molar-refractivity contribution >= 4 is 5.91 Å². The molecule has 1 amide bonds. The van der Waals surface area contributed by atoms with E-state index in [2.05, 4.69) is 17.1 Å². The van der Waals surface area contributed by atoms with Gasteiger partial charge >= 0.3 is 0 Å². The van der Waals surface area contributed by atoms with E-state index in [0.29, 0.717) is 18.3 Å². The molecule has 0 radical (unpaired) electrons. The van der Waals surface area contributed by atoms with Crippen LogP contribution in [0.5, 0.6) is 5.75 Å². The first kappa shape index (κ1) is 20.1. The van der Waals surface area contributed by atoms with Crippen molar-refractivity contribution in [2.24, 2.45) is 0 Å². The van der Waals surface area contributed by atoms with Crippen LogP contribution in [0, 0.1) is 0 Å². The second-order valence-electron chi connectivity index (χ2n) is 7.60. The molecule has 0 unspecified atom stereocenters. The van der Waals surface area contributed by atoms with E-state index in [9.17, 15) is 4.79 Å². The van der Waals surface area contributed by atoms with Gasteiger partial charge in [0.2, 0.25) is 17.6 Å². The number of hydrogen-bond acceptors (Lipinski definition) is 5. The van der Waals surface area contributed by atoms with E-state index in [1.54, 1.807) is 7.11 Å². The molecule has 4 rings (SSSR count). The first-order valence-corrected chi connectivity index (χ1v) is 10.5. The molecule has 1 aliphatic heterocycles. The Morgan fingerprint density at radius 2 is 2.03 bits per heavy atom. The molecule has 30 heavy (non-hydrogen) atoms. The number of carbonyl (C=O) groups excluding carboxylic acids is 1. The number of aromatic nitrogens is 2. The third-order valence-corrected chi connectivity index (χ3v) is 5.75. The topological polar surface area (TPSA) is 68.5 Å². The van der Waals surface area contributed by atoms with Crippen LogP contribution >= 0.6 is 0 Å². The number of carbonyl (C=O) groups is 1. The van der Waals surface area contributed by atoms with Gasteiger partial charge in [0.1, 0.15) is 11.8 Å². The van der Waals surface area contributed by atoms with E-state index < -0.39 is 0 Å². The summed E-state index contributed by atoms with van der Waals surface area (Å²) in [6, 6.07) is 17.4. The zero-order chi connectivity index (χ0) is 20.9. The highest BCUT2D eigenvalue weighted by Crippen LogP contribution is 2.35. The molecule has 2 aromatic carbocycles. The molecule has 3 aromatic rings. The lowest BCUT2D eigenvalue weighted by molar-refractivity contribution is -0.137. The van der Waals surface area contributed by atoms with Gasteiger partial charge < -0.3 is 14.2 Å². The lowest BCUT2D eigenvalue weighted by atomic mass is 9.92. The molecule has 2 atom stereocenters. The van der Waals surface area contributed by atoms with Crippen LogP contribution in [0.2, 0.25) is 0 Å². The molecule has 1 saturated heterocycles. The molecule has 1 aromatic heterocycles. The van der Waals surface area contributed by atoms with Crippen LogP contribution in [0.15, 0.2) is 59.1 Å². The standard InChI is InChI=1S/C24H27N3O3/c1-3-20(17-10-5-4-6-11-17)24(28)27-15-8-7-14-21(27)23-25-22(26-30-23)18-12-9-13-19(16-18)29-2/h4-6,9-13,16,20-21H,3,7-8,14-15H2,1-2H3/t20-,21+/m1/s1. The molecule has 6 heteroatoms. The van der Waals surface area contributed by atoms with Gasteiger partial charge in [-0.15, -0.1) is 0 Å². The van der Waals surface area contributed by atoms with E-state index in [0.717, 1.165) is 42.6 Å². The number of hydrogen-bond donors (Lipinski definition) is 0. The first-order chi connectivity index (χ1) is 14.7. The molecule has 0 saturated carbocycles. The second kappa shape index (κ2) is 9.11. The minimum atomic E-state index is -0.184. The number of likely N-dealkylation sites (tertiary alicyclic amines) is 1. The smallest absolute Gasteiger partial charge is 0.249 e. The summed E-state index contributed by atoms with van der Waals surface area (Å²) in [4.78, 5) is 20.1. The van der Waals surface area contributed by atoms with Crippen molar-refractivity contribution in [3.63, 3.8) is 0 Å². The van der Waals surface area contributed by atoms with Gasteiger partial charge in [0, 0.05) is 12.1 Å². The van der Waals surface area contributed by atoms with Crippen LogP contribution in [-0.4, -0.2) is 34.6 Å². The Bertz CT molecular complexity index is 986. The number of benzene rings is 2. The van der Waals surface area contributed by atoms with E-state index in [1.165, 1.54) is 0 Å². The lowest BCUT2D eigenvalue weighted by Crippen LogP contribution is -2.41. The zero-order valence-corrected chi connectivity index (χ0v) is 17.5. The van der Waals surface area contributed by atoms with E-state index >= 15 is 0 Å². The van der Waals surface area contributed by atoms with Crippen LogP contribution in [0.3, 0.4) is 0 Å². The van der Waals surface area contributed by atoms with Gasteiger partial charge in [-0.3, -0.25) is 4.79 Å². The minimum absolute atomic E-state index is 0.134. The highest BCUT2D eigenvalue weighted by Gasteiger charge is 2.35. The summed E-state index contributed by atoms with van der Waals surface area (Å²) in [5, 5.41) is 4.17. The molecule has 0 aliphatic carbocycles. The van der Waals surface area contributed by atoms with Gasteiger partial charge in [-0.25, -0.2) is 0 Å². The quantitative estimate of drug-likeness (QED) is 0.578. The largest absolute Gasteiger partial charge is 0.497 e. The Morgan fingerprint density at radius 3 is 2.80 bits per heavy atom. The highest BCUT2D eigenvalue weighted by molar-refractivity contribution is 5.84. The van der Waals surface area contributed by atoms with Crippen molar-refractivity contribution in [3.8, 4) is 17.1 Å². The fraction of sp³-hybridized carbons (Fsp3) is 0.375. The van der Waals surface area contributed by atoms with Crippen LogP contribution in [0.25, 0.3) is 11.4 Å². The van der Waals surface area contributed by atoms with Crippen molar-refractivity contribution in [3.05, 3.63) is 66.1 Å². The van der Waals surface area contributed by atoms with Crippen molar-refractivity contribution in [1.29, 1.82) is 0 Å². The molecule has 2 heterocycles. The maximum Gasteiger partial charge on any atom is 0.249 e. The Labute approximate surface area is 176 Å². The summed E-state index contributed by atoms with van der Waals surface area (Å²) in [6.07, 6.45) is 3.61. The fourth-order valence-corrected chi connectivity index (χ4v) is 4.14. The van der Waals surface area contributed by atoms with Gasteiger partial charge in [0.25, 0.3) is 0 Å². The van der Waals surface area contributed by atoms with Gasteiger partial charge in [0.05, 0.1) is 13.0 Å². The Balaban J connectivity index is 1.59. The lowest BCUT2D eigenvalue weighted by Gasteiger charge is -2.35. The molecular formula is C24H27N3O3. The second-order valence-corrected chi connectivity index (χ2v) is 7.60. The van der Waals surface area contributed by atoms with Crippen molar-refractivity contribution in [1.82, 2.24) is 15.0 Å². The average molecular weight is 405 g/mol.